The van der Waals surface area contributed by atoms with Gasteiger partial charge in [-0.25, -0.2) is 4.98 Å². The Morgan fingerprint density at radius 3 is 2.49 bits per heavy atom. The highest BCUT2D eigenvalue weighted by molar-refractivity contribution is 5.67. The number of hydrogen-bond donors (Lipinski definition) is 1. The summed E-state index contributed by atoms with van der Waals surface area (Å²) in [6.45, 7) is 8.99. The molecule has 0 spiro atoms. The van der Waals surface area contributed by atoms with Crippen LogP contribution in [0.1, 0.15) is 68.0 Å². The van der Waals surface area contributed by atoms with E-state index < -0.39 is 5.97 Å². The lowest BCUT2D eigenvalue weighted by molar-refractivity contribution is -0.136. The van der Waals surface area contributed by atoms with Crippen LogP contribution in [0.15, 0.2) is 46.9 Å². The molecule has 0 aliphatic carbocycles. The van der Waals surface area contributed by atoms with Crippen LogP contribution in [-0.4, -0.2) is 35.8 Å². The van der Waals surface area contributed by atoms with E-state index >= 15 is 0 Å². The van der Waals surface area contributed by atoms with Crippen molar-refractivity contribution in [3.05, 3.63) is 65.0 Å². The number of aryl methyl sites for hydroxylation is 2. The van der Waals surface area contributed by atoms with E-state index in [2.05, 4.69) is 43.0 Å². The van der Waals surface area contributed by atoms with Gasteiger partial charge in [-0.3, -0.25) is 4.79 Å². The van der Waals surface area contributed by atoms with Crippen LogP contribution >= 0.6 is 0 Å². The van der Waals surface area contributed by atoms with Crippen LogP contribution in [0.25, 0.3) is 11.5 Å². The fourth-order valence-corrected chi connectivity index (χ4v) is 4.63. The maximum Gasteiger partial charge on any atom is 0.303 e. The van der Waals surface area contributed by atoms with Crippen molar-refractivity contribution in [1.29, 1.82) is 0 Å². The molecule has 1 aliphatic heterocycles. The number of aromatic nitrogens is 1. The standard InChI is InChI=1S/C29H36N2O4/c1-20(2)28-26(15-18-34-25-13-9-22(21(3)19-25)10-14-27(32)33)35-29(30-28)23-7-11-24(12-8-23)31-16-5-4-6-17-31/h7-9,11-13,19-20H,4-6,10,14-18H2,1-3H3,(H,32,33). The molecule has 0 saturated carbocycles. The molecule has 2 aromatic carbocycles. The van der Waals surface area contributed by atoms with Gasteiger partial charge in [0.15, 0.2) is 0 Å². The van der Waals surface area contributed by atoms with Crippen molar-refractivity contribution in [2.24, 2.45) is 0 Å². The number of carboxylic acid groups (broad SMARTS) is 1. The van der Waals surface area contributed by atoms with Crippen LogP contribution in [-0.2, 0) is 17.6 Å². The Balaban J connectivity index is 1.40. The molecule has 3 aromatic rings. The summed E-state index contributed by atoms with van der Waals surface area (Å²) in [5.41, 5.74) is 5.31. The molecule has 0 unspecified atom stereocenters. The molecule has 1 aromatic heterocycles. The molecule has 186 valence electrons. The summed E-state index contributed by atoms with van der Waals surface area (Å²) < 4.78 is 12.2. The number of benzene rings is 2. The lowest BCUT2D eigenvalue weighted by Crippen LogP contribution is -2.29. The van der Waals surface area contributed by atoms with Gasteiger partial charge in [0.25, 0.3) is 0 Å². The highest BCUT2D eigenvalue weighted by Gasteiger charge is 2.18. The number of ether oxygens (including phenoxy) is 1. The van der Waals surface area contributed by atoms with Crippen molar-refractivity contribution < 1.29 is 19.1 Å². The van der Waals surface area contributed by atoms with E-state index in [1.54, 1.807) is 0 Å². The molecule has 1 saturated heterocycles. The summed E-state index contributed by atoms with van der Waals surface area (Å²) in [6, 6.07) is 14.4. The number of nitrogens with zero attached hydrogens (tertiary/aromatic N) is 2. The Bertz CT molecular complexity index is 1130. The molecule has 35 heavy (non-hydrogen) atoms. The molecule has 4 rings (SSSR count). The average Bonchev–Trinajstić information content (AvgIpc) is 3.29. The number of oxazole rings is 1. The predicted octanol–water partition coefficient (Wildman–Crippen LogP) is 6.40. The fourth-order valence-electron chi connectivity index (χ4n) is 4.63. The minimum absolute atomic E-state index is 0.133. The van der Waals surface area contributed by atoms with Crippen molar-refractivity contribution >= 4 is 11.7 Å². The quantitative estimate of drug-likeness (QED) is 0.365. The van der Waals surface area contributed by atoms with Crippen molar-refractivity contribution in [3.8, 4) is 17.2 Å². The lowest BCUT2D eigenvalue weighted by Gasteiger charge is -2.28. The smallest absolute Gasteiger partial charge is 0.303 e. The molecule has 6 nitrogen and oxygen atoms in total. The summed E-state index contributed by atoms with van der Waals surface area (Å²) in [5.74, 6) is 1.78. The molecular weight excluding hydrogens is 440 g/mol. The Morgan fingerprint density at radius 1 is 1.09 bits per heavy atom. The third-order valence-electron chi connectivity index (χ3n) is 6.63. The van der Waals surface area contributed by atoms with Gasteiger partial charge in [0, 0.05) is 37.2 Å². The SMILES string of the molecule is Cc1cc(OCCc2oc(-c3ccc(N4CCCCC4)cc3)nc2C(C)C)ccc1CCC(=O)O. The zero-order valence-corrected chi connectivity index (χ0v) is 21.0. The maximum atomic E-state index is 10.8. The second-order valence-electron chi connectivity index (χ2n) is 9.66. The van der Waals surface area contributed by atoms with Gasteiger partial charge in [-0.2, -0.15) is 0 Å². The van der Waals surface area contributed by atoms with Gasteiger partial charge in [-0.15, -0.1) is 0 Å². The van der Waals surface area contributed by atoms with E-state index in [4.69, 9.17) is 19.2 Å². The summed E-state index contributed by atoms with van der Waals surface area (Å²) >= 11 is 0. The zero-order chi connectivity index (χ0) is 24.8. The molecular formula is C29H36N2O4. The Kier molecular flexibility index (Phi) is 8.11. The van der Waals surface area contributed by atoms with Crippen LogP contribution in [0, 0.1) is 6.92 Å². The van der Waals surface area contributed by atoms with Crippen molar-refractivity contribution in [2.75, 3.05) is 24.6 Å². The van der Waals surface area contributed by atoms with Crippen molar-refractivity contribution in [1.82, 2.24) is 4.98 Å². The Morgan fingerprint density at radius 2 is 1.83 bits per heavy atom. The van der Waals surface area contributed by atoms with Gasteiger partial charge in [-0.1, -0.05) is 19.9 Å². The summed E-state index contributed by atoms with van der Waals surface area (Å²) in [5, 5.41) is 8.91. The number of piperidine rings is 1. The number of anilines is 1. The summed E-state index contributed by atoms with van der Waals surface area (Å²) in [7, 11) is 0. The highest BCUT2D eigenvalue weighted by atomic mass is 16.5. The lowest BCUT2D eigenvalue weighted by atomic mass is 10.0. The van der Waals surface area contributed by atoms with Gasteiger partial charge in [0.05, 0.1) is 12.3 Å². The number of hydrogen-bond acceptors (Lipinski definition) is 5. The molecule has 6 heteroatoms. The molecule has 0 atom stereocenters. The average molecular weight is 477 g/mol. The summed E-state index contributed by atoms with van der Waals surface area (Å²) in [4.78, 5) is 18.1. The molecule has 2 heterocycles. The first kappa shape index (κ1) is 24.8. The fraction of sp³-hybridized carbons (Fsp3) is 0.448. The van der Waals surface area contributed by atoms with Gasteiger partial charge in [0.2, 0.25) is 5.89 Å². The van der Waals surface area contributed by atoms with Crippen LogP contribution in [0.3, 0.4) is 0 Å². The third-order valence-corrected chi connectivity index (χ3v) is 6.63. The van der Waals surface area contributed by atoms with Crippen molar-refractivity contribution in [3.63, 3.8) is 0 Å². The van der Waals surface area contributed by atoms with Crippen LogP contribution < -0.4 is 9.64 Å². The van der Waals surface area contributed by atoms with Crippen LogP contribution in [0.4, 0.5) is 5.69 Å². The van der Waals surface area contributed by atoms with E-state index in [0.29, 0.717) is 25.3 Å². The second-order valence-corrected chi connectivity index (χ2v) is 9.66. The van der Waals surface area contributed by atoms with Gasteiger partial charge in [-0.05, 0) is 86.1 Å². The van der Waals surface area contributed by atoms with E-state index in [0.717, 1.165) is 47.0 Å². The highest BCUT2D eigenvalue weighted by Crippen LogP contribution is 2.29. The van der Waals surface area contributed by atoms with E-state index in [1.807, 2.05) is 25.1 Å². The zero-order valence-electron chi connectivity index (χ0n) is 21.0. The van der Waals surface area contributed by atoms with Gasteiger partial charge in [0.1, 0.15) is 11.5 Å². The largest absolute Gasteiger partial charge is 0.493 e. The number of carboxylic acids is 1. The Hall–Kier alpha value is -3.28. The monoisotopic (exact) mass is 476 g/mol. The topological polar surface area (TPSA) is 75.8 Å². The Labute approximate surface area is 207 Å². The van der Waals surface area contributed by atoms with E-state index in [-0.39, 0.29) is 12.3 Å². The number of aliphatic carboxylic acids is 1. The molecule has 0 amide bonds. The van der Waals surface area contributed by atoms with E-state index in [1.165, 1.54) is 24.9 Å². The van der Waals surface area contributed by atoms with Gasteiger partial charge < -0.3 is 19.2 Å². The van der Waals surface area contributed by atoms with Crippen LogP contribution in [0.5, 0.6) is 5.75 Å². The molecule has 1 fully saturated rings. The molecule has 0 radical (unpaired) electrons. The second kappa shape index (κ2) is 11.4. The minimum Gasteiger partial charge on any atom is -0.493 e. The van der Waals surface area contributed by atoms with Crippen LogP contribution in [0.2, 0.25) is 0 Å². The van der Waals surface area contributed by atoms with Crippen molar-refractivity contribution in [2.45, 2.75) is 65.2 Å². The predicted molar refractivity (Wildman–Crippen MR) is 138 cm³/mol. The molecule has 1 N–H and O–H groups in total. The molecule has 1 aliphatic rings. The number of carbonyl (C=O) groups is 1. The first-order chi connectivity index (χ1) is 16.9. The normalized spacial score (nSPS) is 13.9. The minimum atomic E-state index is -0.782. The van der Waals surface area contributed by atoms with Gasteiger partial charge >= 0.3 is 5.97 Å². The first-order valence-corrected chi connectivity index (χ1v) is 12.7. The maximum absolute atomic E-state index is 10.8. The van der Waals surface area contributed by atoms with E-state index in [9.17, 15) is 4.79 Å². The molecule has 0 bridgehead atoms. The summed E-state index contributed by atoms with van der Waals surface area (Å²) in [6.07, 6.45) is 5.14. The number of rotatable bonds is 10. The third kappa shape index (κ3) is 6.44. The first-order valence-electron chi connectivity index (χ1n) is 12.7.